The van der Waals surface area contributed by atoms with E-state index in [1.165, 1.54) is 73.6 Å². The first-order valence-corrected chi connectivity index (χ1v) is 22.7. The second-order valence-corrected chi connectivity index (χ2v) is 18.1. The Kier molecular flexibility index (Phi) is 19.2. The van der Waals surface area contributed by atoms with Crippen LogP contribution in [-0.2, 0) is 45.2 Å². The zero-order valence-electron chi connectivity index (χ0n) is 32.6. The van der Waals surface area contributed by atoms with Gasteiger partial charge >= 0.3 is 0 Å². The number of aryl methyl sites for hydroxylation is 4. The molecular formula is C50H60P2Ru-6. The number of rotatable bonds is 18. The van der Waals surface area contributed by atoms with Gasteiger partial charge < -0.3 is 30.3 Å². The molecule has 3 heteroatoms. The van der Waals surface area contributed by atoms with Gasteiger partial charge in [0.2, 0.25) is 0 Å². The predicted molar refractivity (Wildman–Crippen MR) is 236 cm³/mol. The zero-order chi connectivity index (χ0) is 36.4. The van der Waals surface area contributed by atoms with Crippen LogP contribution in [-0.4, -0.2) is 0 Å². The van der Waals surface area contributed by atoms with E-state index < -0.39 is 15.8 Å². The fraction of sp³-hybridized carbons (Fsp3) is 0.320. The van der Waals surface area contributed by atoms with Crippen LogP contribution in [0.5, 0.6) is 0 Å². The summed E-state index contributed by atoms with van der Waals surface area (Å²) in [6, 6.07) is 55.1. The van der Waals surface area contributed by atoms with Crippen molar-refractivity contribution in [3.63, 3.8) is 0 Å². The Morgan fingerprint density at radius 3 is 1.09 bits per heavy atom. The van der Waals surface area contributed by atoms with Crippen molar-refractivity contribution in [2.75, 3.05) is 0 Å². The van der Waals surface area contributed by atoms with E-state index in [4.69, 9.17) is 0 Å². The van der Waals surface area contributed by atoms with E-state index in [9.17, 15) is 0 Å². The van der Waals surface area contributed by atoms with Crippen LogP contribution < -0.4 is 31.8 Å². The zero-order valence-corrected chi connectivity index (χ0v) is 36.1. The molecule has 0 aliphatic carbocycles. The van der Waals surface area contributed by atoms with Crippen LogP contribution in [0.1, 0.15) is 101 Å². The van der Waals surface area contributed by atoms with Gasteiger partial charge in [-0.1, -0.05) is 158 Å². The Balaban J connectivity index is 0.000000964. The molecule has 0 spiro atoms. The SMILES string of the molecule is CCCCc1ccccc1P(c1ccccc1CCCC)c1ccc[c-]1P(c1ccccc1CCCC)c1ccccc1CCCC.[Ru].[cH-]1[cH-][cH-][cH-][cH-]1. The summed E-state index contributed by atoms with van der Waals surface area (Å²) in [6.07, 6.45) is 14.4. The van der Waals surface area contributed by atoms with Crippen molar-refractivity contribution in [3.05, 3.63) is 168 Å². The summed E-state index contributed by atoms with van der Waals surface area (Å²) in [5.74, 6) is 0. The first-order chi connectivity index (χ1) is 25.7. The number of hydrogen-bond acceptors (Lipinski definition) is 0. The molecule has 0 radical (unpaired) electrons. The minimum Gasteiger partial charge on any atom is -0.748 e. The Morgan fingerprint density at radius 2 is 0.736 bits per heavy atom. The van der Waals surface area contributed by atoms with Gasteiger partial charge in [0.1, 0.15) is 0 Å². The molecule has 0 unspecified atom stereocenters. The molecule has 0 atom stereocenters. The van der Waals surface area contributed by atoms with Crippen LogP contribution >= 0.6 is 15.8 Å². The summed E-state index contributed by atoms with van der Waals surface area (Å²) < 4.78 is 0. The molecule has 0 aliphatic heterocycles. The van der Waals surface area contributed by atoms with Crippen LogP contribution in [0, 0.1) is 0 Å². The third-order valence-electron chi connectivity index (χ3n) is 9.94. The summed E-state index contributed by atoms with van der Waals surface area (Å²) in [6.45, 7) is 9.28. The molecule has 6 aromatic rings. The van der Waals surface area contributed by atoms with Crippen LogP contribution in [0.4, 0.5) is 0 Å². The van der Waals surface area contributed by atoms with Crippen molar-refractivity contribution in [1.82, 2.24) is 0 Å². The second-order valence-electron chi connectivity index (χ2n) is 13.9. The first kappa shape index (κ1) is 42.8. The van der Waals surface area contributed by atoms with Gasteiger partial charge in [-0.05, 0) is 103 Å². The minimum atomic E-state index is -0.743. The third kappa shape index (κ3) is 11.8. The van der Waals surface area contributed by atoms with E-state index in [2.05, 4.69) is 143 Å². The van der Waals surface area contributed by atoms with E-state index in [0.717, 1.165) is 25.7 Å². The van der Waals surface area contributed by atoms with Gasteiger partial charge in [0.25, 0.3) is 0 Å². The monoisotopic (exact) mass is 824 g/mol. The van der Waals surface area contributed by atoms with Gasteiger partial charge in [0.05, 0.1) is 0 Å². The van der Waals surface area contributed by atoms with Gasteiger partial charge in [-0.2, -0.15) is 6.07 Å². The molecule has 0 saturated carbocycles. The molecule has 0 bridgehead atoms. The van der Waals surface area contributed by atoms with E-state index >= 15 is 0 Å². The topological polar surface area (TPSA) is 0 Å². The summed E-state index contributed by atoms with van der Waals surface area (Å²) in [7, 11) is -1.49. The average Bonchev–Trinajstić information content (AvgIpc) is 3.94. The van der Waals surface area contributed by atoms with Crippen LogP contribution in [0.3, 0.4) is 0 Å². The Labute approximate surface area is 337 Å². The quantitative estimate of drug-likeness (QED) is 0.0460. The molecule has 0 heterocycles. The van der Waals surface area contributed by atoms with Crippen LogP contribution in [0.25, 0.3) is 0 Å². The third-order valence-corrected chi connectivity index (χ3v) is 15.5. The van der Waals surface area contributed by atoms with E-state index in [1.54, 1.807) is 31.8 Å². The number of benzene rings is 4. The molecule has 53 heavy (non-hydrogen) atoms. The van der Waals surface area contributed by atoms with Crippen molar-refractivity contribution < 1.29 is 19.5 Å². The number of hydrogen-bond donors (Lipinski definition) is 0. The van der Waals surface area contributed by atoms with Gasteiger partial charge in [-0.3, -0.25) is 0 Å². The minimum absolute atomic E-state index is 0. The summed E-state index contributed by atoms with van der Waals surface area (Å²) in [5, 5.41) is 9.35. The molecule has 284 valence electrons. The molecule has 0 nitrogen and oxygen atoms in total. The molecule has 6 rings (SSSR count). The molecule has 0 amide bonds. The van der Waals surface area contributed by atoms with Crippen LogP contribution in [0.15, 0.2) is 146 Å². The van der Waals surface area contributed by atoms with Crippen LogP contribution in [0.2, 0.25) is 0 Å². The molecule has 6 aromatic carbocycles. The van der Waals surface area contributed by atoms with Gasteiger partial charge in [0, 0.05) is 19.5 Å². The predicted octanol–water partition coefficient (Wildman–Crippen LogP) is 11.7. The molecule has 0 N–H and O–H groups in total. The van der Waals surface area contributed by atoms with E-state index in [-0.39, 0.29) is 19.5 Å². The maximum absolute atomic E-state index is 2.51. The Morgan fingerprint density at radius 1 is 0.415 bits per heavy atom. The van der Waals surface area contributed by atoms with Crippen molar-refractivity contribution in [2.45, 2.75) is 105 Å². The fourth-order valence-corrected chi connectivity index (χ4v) is 13.2. The second kappa shape index (κ2) is 23.8. The van der Waals surface area contributed by atoms with Crippen molar-refractivity contribution >= 4 is 47.7 Å². The maximum atomic E-state index is 2.51. The van der Waals surface area contributed by atoms with Crippen molar-refractivity contribution in [2.24, 2.45) is 0 Å². The summed E-state index contributed by atoms with van der Waals surface area (Å²) in [4.78, 5) is 0. The molecule has 0 saturated heterocycles. The van der Waals surface area contributed by atoms with Gasteiger partial charge in [0.15, 0.2) is 0 Å². The van der Waals surface area contributed by atoms with Gasteiger partial charge in [-0.15, -0.1) is 10.6 Å². The summed E-state index contributed by atoms with van der Waals surface area (Å²) >= 11 is 0. The normalized spacial score (nSPS) is 11.0. The average molecular weight is 824 g/mol. The molecule has 0 fully saturated rings. The number of unbranched alkanes of at least 4 members (excludes halogenated alkanes) is 4. The fourth-order valence-electron chi connectivity index (χ4n) is 7.11. The molecular weight excluding hydrogens is 764 g/mol. The van der Waals surface area contributed by atoms with Crippen molar-refractivity contribution in [1.29, 1.82) is 0 Å². The first-order valence-electron chi connectivity index (χ1n) is 20.1. The smallest absolute Gasteiger partial charge is 0 e. The maximum Gasteiger partial charge on any atom is 0 e. The molecule has 0 aromatic heterocycles. The van der Waals surface area contributed by atoms with Gasteiger partial charge in [-0.25, -0.2) is 12.1 Å². The Hall–Kier alpha value is -2.94. The summed E-state index contributed by atoms with van der Waals surface area (Å²) in [5.41, 5.74) is 6.14. The Bertz CT molecular complexity index is 1620. The standard InChI is InChI=1S/C45H55P2.C5H5.Ru/c1-5-9-22-36-26-13-17-30-40(36)46(41-31-18-14-27-37(41)23-10-6-2)44-34-21-35-45(44)47(42-32-19-15-28-38(42)24-11-7-3)43-33-20-16-29-39(43)25-12-8-4;1-2-4-5-3-1;/h13-21,26-35H,5-12,22-25H2,1-4H3;1-5H;/q-1;-5;. The van der Waals surface area contributed by atoms with E-state index in [0.29, 0.717) is 0 Å². The molecule has 0 aliphatic rings. The van der Waals surface area contributed by atoms with Crippen molar-refractivity contribution in [3.8, 4) is 0 Å². The van der Waals surface area contributed by atoms with E-state index in [1.807, 2.05) is 30.3 Å². The largest absolute Gasteiger partial charge is 0.748 e.